The highest BCUT2D eigenvalue weighted by atomic mass is 127. The molecule has 2 aliphatic rings. The van der Waals surface area contributed by atoms with E-state index in [1.165, 1.54) is 24.2 Å². The fourth-order valence-corrected chi connectivity index (χ4v) is 3.91. The molecule has 6 heteroatoms. The van der Waals surface area contributed by atoms with Crippen molar-refractivity contribution in [3.05, 3.63) is 11.6 Å². The van der Waals surface area contributed by atoms with Gasteiger partial charge in [0.25, 0.3) is 0 Å². The standard InChI is InChI=1S/C16H29N3OS.HI/c1-3-17-15(19-13-16(2)8-4-12-21-16)18-9-5-14-6-10-20-11-7-14;/h6H,3-5,7-13H2,1-2H3,(H2,17,18,19);1H. The second-order valence-corrected chi connectivity index (χ2v) is 7.64. The Hall–Kier alpha value is 0.0500. The molecule has 0 amide bonds. The summed E-state index contributed by atoms with van der Waals surface area (Å²) < 4.78 is 5.68. The topological polar surface area (TPSA) is 45.7 Å². The third kappa shape index (κ3) is 7.08. The monoisotopic (exact) mass is 439 g/mol. The van der Waals surface area contributed by atoms with Gasteiger partial charge in [0.05, 0.1) is 19.8 Å². The highest BCUT2D eigenvalue weighted by Crippen LogP contribution is 2.37. The maximum absolute atomic E-state index is 5.34. The zero-order valence-electron chi connectivity index (χ0n) is 13.8. The number of aliphatic imine (C=N–C) groups is 1. The zero-order valence-corrected chi connectivity index (χ0v) is 17.0. The summed E-state index contributed by atoms with van der Waals surface area (Å²) in [7, 11) is 0. The molecule has 4 nitrogen and oxygen atoms in total. The van der Waals surface area contributed by atoms with Crippen molar-refractivity contribution in [3.8, 4) is 0 Å². The molecule has 1 fully saturated rings. The molecule has 0 saturated carbocycles. The van der Waals surface area contributed by atoms with E-state index in [0.717, 1.165) is 51.6 Å². The van der Waals surface area contributed by atoms with Crippen LogP contribution in [0.3, 0.4) is 0 Å². The molecule has 1 unspecified atom stereocenters. The predicted molar refractivity (Wildman–Crippen MR) is 108 cm³/mol. The summed E-state index contributed by atoms with van der Waals surface area (Å²) in [5.74, 6) is 2.24. The van der Waals surface area contributed by atoms with Gasteiger partial charge in [-0.1, -0.05) is 11.6 Å². The summed E-state index contributed by atoms with van der Waals surface area (Å²) in [6, 6.07) is 0. The van der Waals surface area contributed by atoms with Gasteiger partial charge in [0, 0.05) is 17.8 Å². The van der Waals surface area contributed by atoms with E-state index in [-0.39, 0.29) is 24.0 Å². The van der Waals surface area contributed by atoms with E-state index in [9.17, 15) is 0 Å². The molecule has 0 spiro atoms. The molecule has 2 heterocycles. The van der Waals surface area contributed by atoms with Gasteiger partial charge in [0.1, 0.15) is 0 Å². The van der Waals surface area contributed by atoms with Crippen LogP contribution in [0.5, 0.6) is 0 Å². The highest BCUT2D eigenvalue weighted by molar-refractivity contribution is 14.0. The normalized spacial score (nSPS) is 25.4. The number of thioether (sulfide) groups is 1. The molecule has 2 N–H and O–H groups in total. The lowest BCUT2D eigenvalue weighted by Crippen LogP contribution is -2.39. The van der Waals surface area contributed by atoms with E-state index in [1.54, 1.807) is 0 Å². The molecule has 1 saturated heterocycles. The highest BCUT2D eigenvalue weighted by Gasteiger charge is 2.29. The third-order valence-corrected chi connectivity index (χ3v) is 5.54. The maximum Gasteiger partial charge on any atom is 0.191 e. The number of guanidine groups is 1. The fraction of sp³-hybridized carbons (Fsp3) is 0.812. The van der Waals surface area contributed by atoms with Crippen molar-refractivity contribution in [1.29, 1.82) is 0 Å². The van der Waals surface area contributed by atoms with Gasteiger partial charge >= 0.3 is 0 Å². The first-order valence-corrected chi connectivity index (χ1v) is 9.12. The molecule has 128 valence electrons. The SMILES string of the molecule is CCNC(=NCC1(C)CCCS1)NCCC1=CCOCC1.I. The number of hydrogen-bond acceptors (Lipinski definition) is 3. The smallest absolute Gasteiger partial charge is 0.191 e. The molecule has 0 aromatic carbocycles. The van der Waals surface area contributed by atoms with Crippen LogP contribution in [-0.4, -0.2) is 49.3 Å². The molecule has 0 bridgehead atoms. The number of ether oxygens (including phenoxy) is 1. The first-order chi connectivity index (χ1) is 10.2. The zero-order chi connectivity index (χ0) is 15.0. The van der Waals surface area contributed by atoms with E-state index in [2.05, 4.69) is 42.3 Å². The Bertz CT molecular complexity index is 382. The lowest BCUT2D eigenvalue weighted by molar-refractivity contribution is 0.153. The summed E-state index contributed by atoms with van der Waals surface area (Å²) in [6.45, 7) is 8.86. The van der Waals surface area contributed by atoms with E-state index in [0.29, 0.717) is 4.75 Å². The second kappa shape index (κ2) is 10.8. The Kier molecular flexibility index (Phi) is 9.82. The average Bonchev–Trinajstić information content (AvgIpc) is 2.93. The largest absolute Gasteiger partial charge is 0.377 e. The van der Waals surface area contributed by atoms with Crippen LogP contribution in [0.15, 0.2) is 16.6 Å². The molecule has 2 aliphatic heterocycles. The molecule has 2 rings (SSSR count). The summed E-state index contributed by atoms with van der Waals surface area (Å²) in [6.07, 6.45) is 6.99. The van der Waals surface area contributed by atoms with Crippen molar-refractivity contribution in [3.63, 3.8) is 0 Å². The first kappa shape index (κ1) is 20.1. The van der Waals surface area contributed by atoms with Gasteiger partial charge in [0.2, 0.25) is 0 Å². The van der Waals surface area contributed by atoms with Crippen LogP contribution in [0.2, 0.25) is 0 Å². The lowest BCUT2D eigenvalue weighted by atomic mass is 10.1. The number of hydrogen-bond donors (Lipinski definition) is 2. The minimum absolute atomic E-state index is 0. The van der Waals surface area contributed by atoms with E-state index >= 15 is 0 Å². The number of nitrogens with zero attached hydrogens (tertiary/aromatic N) is 1. The van der Waals surface area contributed by atoms with Crippen molar-refractivity contribution in [2.24, 2.45) is 4.99 Å². The van der Waals surface area contributed by atoms with Gasteiger partial charge < -0.3 is 15.4 Å². The molecule has 0 aliphatic carbocycles. The predicted octanol–water partition coefficient (Wildman–Crippen LogP) is 3.18. The Balaban J connectivity index is 0.00000242. The molecule has 1 atom stereocenters. The first-order valence-electron chi connectivity index (χ1n) is 8.14. The van der Waals surface area contributed by atoms with Crippen LogP contribution in [0.4, 0.5) is 0 Å². The van der Waals surface area contributed by atoms with Gasteiger partial charge in [0.15, 0.2) is 5.96 Å². The Labute approximate surface area is 156 Å². The molecular formula is C16H30IN3OS. The van der Waals surface area contributed by atoms with Crippen LogP contribution < -0.4 is 10.6 Å². The van der Waals surface area contributed by atoms with Crippen LogP contribution in [-0.2, 0) is 4.74 Å². The van der Waals surface area contributed by atoms with Crippen molar-refractivity contribution < 1.29 is 4.74 Å². The summed E-state index contributed by atoms with van der Waals surface area (Å²) in [4.78, 5) is 4.78. The molecular weight excluding hydrogens is 409 g/mol. The van der Waals surface area contributed by atoms with Gasteiger partial charge in [-0.15, -0.1) is 24.0 Å². The number of nitrogens with one attached hydrogen (secondary N) is 2. The van der Waals surface area contributed by atoms with Gasteiger partial charge in [-0.25, -0.2) is 0 Å². The van der Waals surface area contributed by atoms with E-state index in [4.69, 9.17) is 9.73 Å². The molecule has 0 radical (unpaired) electrons. The van der Waals surface area contributed by atoms with E-state index in [1.807, 2.05) is 0 Å². The van der Waals surface area contributed by atoms with Gasteiger partial charge in [-0.2, -0.15) is 11.8 Å². The lowest BCUT2D eigenvalue weighted by Gasteiger charge is -2.21. The third-order valence-electron chi connectivity index (χ3n) is 4.01. The van der Waals surface area contributed by atoms with Crippen molar-refractivity contribution >= 4 is 41.7 Å². The quantitative estimate of drug-likeness (QED) is 0.289. The number of halogens is 1. The van der Waals surface area contributed by atoms with Crippen LogP contribution in [0.1, 0.15) is 39.5 Å². The van der Waals surface area contributed by atoms with Crippen LogP contribution in [0.25, 0.3) is 0 Å². The van der Waals surface area contributed by atoms with Crippen molar-refractivity contribution in [2.75, 3.05) is 38.6 Å². The maximum atomic E-state index is 5.34. The molecule has 22 heavy (non-hydrogen) atoms. The fourth-order valence-electron chi connectivity index (χ4n) is 2.68. The minimum Gasteiger partial charge on any atom is -0.377 e. The molecule has 0 aromatic heterocycles. The average molecular weight is 439 g/mol. The Morgan fingerprint density at radius 2 is 2.32 bits per heavy atom. The van der Waals surface area contributed by atoms with Crippen LogP contribution >= 0.6 is 35.7 Å². The Morgan fingerprint density at radius 3 is 2.95 bits per heavy atom. The number of rotatable bonds is 6. The Morgan fingerprint density at radius 1 is 1.45 bits per heavy atom. The summed E-state index contributed by atoms with van der Waals surface area (Å²) in [5, 5.41) is 6.80. The van der Waals surface area contributed by atoms with Crippen molar-refractivity contribution in [2.45, 2.75) is 44.3 Å². The summed E-state index contributed by atoms with van der Waals surface area (Å²) >= 11 is 2.07. The van der Waals surface area contributed by atoms with Gasteiger partial charge in [-0.3, -0.25) is 4.99 Å². The second-order valence-electron chi connectivity index (χ2n) is 5.96. The van der Waals surface area contributed by atoms with Crippen LogP contribution in [0, 0.1) is 0 Å². The molecule has 0 aromatic rings. The van der Waals surface area contributed by atoms with Crippen molar-refractivity contribution in [1.82, 2.24) is 10.6 Å². The minimum atomic E-state index is 0. The van der Waals surface area contributed by atoms with Gasteiger partial charge in [-0.05, 0) is 45.3 Å². The summed E-state index contributed by atoms with van der Waals surface area (Å²) in [5.41, 5.74) is 1.50. The van der Waals surface area contributed by atoms with E-state index < -0.39 is 0 Å².